The molecule has 0 aromatic heterocycles. The molecule has 1 aliphatic heterocycles. The average Bonchev–Trinajstić information content (AvgIpc) is 2.87. The van der Waals surface area contributed by atoms with Gasteiger partial charge in [-0.15, -0.1) is 0 Å². The fourth-order valence-corrected chi connectivity index (χ4v) is 3.99. The summed E-state index contributed by atoms with van der Waals surface area (Å²) in [5.41, 5.74) is -0.107. The fourth-order valence-electron chi connectivity index (χ4n) is 3.99. The largest absolute Gasteiger partial charge is 0.459 e. The SMILES string of the molecule is CC(C)C[C@@H]1OC(=O)C(C)(C)CNC(=O)[C@@H](C(C)C)NC(=O)/C=C/C[C@@H]([C@H](C)/C=C/c2ccccc2)OC1=O. The third-order valence-corrected chi connectivity index (χ3v) is 6.59. The molecule has 1 aliphatic rings. The highest BCUT2D eigenvalue weighted by Crippen LogP contribution is 2.23. The van der Waals surface area contributed by atoms with Gasteiger partial charge in [-0.2, -0.15) is 0 Å². The zero-order valence-corrected chi connectivity index (χ0v) is 24.2. The fraction of sp³-hybridized carbons (Fsp3) is 0.548. The average molecular weight is 541 g/mol. The van der Waals surface area contributed by atoms with Crippen molar-refractivity contribution in [3.63, 3.8) is 0 Å². The van der Waals surface area contributed by atoms with Gasteiger partial charge < -0.3 is 20.1 Å². The van der Waals surface area contributed by atoms with Gasteiger partial charge in [-0.3, -0.25) is 14.4 Å². The molecule has 2 amide bonds. The van der Waals surface area contributed by atoms with Gasteiger partial charge in [0.15, 0.2) is 6.10 Å². The number of hydrogen-bond acceptors (Lipinski definition) is 6. The number of amides is 2. The van der Waals surface area contributed by atoms with Crippen LogP contribution in [0.25, 0.3) is 6.08 Å². The Bertz CT molecular complexity index is 1040. The van der Waals surface area contributed by atoms with Gasteiger partial charge in [0.1, 0.15) is 12.1 Å². The van der Waals surface area contributed by atoms with Gasteiger partial charge in [-0.25, -0.2) is 4.79 Å². The lowest BCUT2D eigenvalue weighted by Crippen LogP contribution is -2.52. The van der Waals surface area contributed by atoms with E-state index in [1.54, 1.807) is 19.9 Å². The first kappa shape index (κ1) is 31.8. The third-order valence-electron chi connectivity index (χ3n) is 6.59. The molecular formula is C31H44N2O6. The number of carbonyl (C=O) groups is 4. The van der Waals surface area contributed by atoms with Crippen LogP contribution in [0, 0.1) is 23.2 Å². The van der Waals surface area contributed by atoms with Crippen LogP contribution in [0.5, 0.6) is 0 Å². The second-order valence-electron chi connectivity index (χ2n) is 11.6. The Kier molecular flexibility index (Phi) is 11.9. The van der Waals surface area contributed by atoms with Crippen LogP contribution in [-0.4, -0.2) is 48.5 Å². The molecule has 1 aromatic rings. The molecule has 0 saturated carbocycles. The number of rotatable bonds is 6. The van der Waals surface area contributed by atoms with Gasteiger partial charge in [0.25, 0.3) is 0 Å². The van der Waals surface area contributed by atoms with Crippen LogP contribution in [0.4, 0.5) is 0 Å². The first-order chi connectivity index (χ1) is 18.3. The number of esters is 2. The van der Waals surface area contributed by atoms with E-state index in [0.29, 0.717) is 6.42 Å². The van der Waals surface area contributed by atoms with Crippen LogP contribution in [0.3, 0.4) is 0 Å². The maximum Gasteiger partial charge on any atom is 0.347 e. The van der Waals surface area contributed by atoms with Gasteiger partial charge in [0, 0.05) is 18.9 Å². The summed E-state index contributed by atoms with van der Waals surface area (Å²) in [5, 5.41) is 5.49. The molecular weight excluding hydrogens is 496 g/mol. The first-order valence-corrected chi connectivity index (χ1v) is 13.7. The molecule has 214 valence electrons. The van der Waals surface area contributed by atoms with Crippen LogP contribution >= 0.6 is 0 Å². The Balaban J connectivity index is 2.40. The maximum atomic E-state index is 13.3. The molecule has 4 atom stereocenters. The Labute approximate surface area is 232 Å². The van der Waals surface area contributed by atoms with Gasteiger partial charge in [0.2, 0.25) is 11.8 Å². The number of cyclic esters (lactones) is 2. The van der Waals surface area contributed by atoms with Crippen molar-refractivity contribution in [2.75, 3.05) is 6.54 Å². The lowest BCUT2D eigenvalue weighted by molar-refractivity contribution is -0.178. The van der Waals surface area contributed by atoms with Crippen molar-refractivity contribution in [1.29, 1.82) is 0 Å². The van der Waals surface area contributed by atoms with E-state index in [1.165, 1.54) is 6.08 Å². The monoisotopic (exact) mass is 540 g/mol. The summed E-state index contributed by atoms with van der Waals surface area (Å²) in [6, 6.07) is 8.98. The molecule has 0 radical (unpaired) electrons. The molecule has 8 nitrogen and oxygen atoms in total. The van der Waals surface area contributed by atoms with Crippen LogP contribution < -0.4 is 10.6 Å². The Morgan fingerprint density at radius 2 is 1.67 bits per heavy atom. The van der Waals surface area contributed by atoms with E-state index in [-0.39, 0.29) is 30.7 Å². The van der Waals surface area contributed by atoms with E-state index in [4.69, 9.17) is 9.47 Å². The minimum Gasteiger partial charge on any atom is -0.459 e. The van der Waals surface area contributed by atoms with Gasteiger partial charge >= 0.3 is 11.9 Å². The number of carbonyl (C=O) groups excluding carboxylic acids is 4. The molecule has 0 unspecified atom stereocenters. The first-order valence-electron chi connectivity index (χ1n) is 13.7. The Hall–Kier alpha value is -3.42. The van der Waals surface area contributed by atoms with Crippen molar-refractivity contribution in [3.05, 3.63) is 54.1 Å². The zero-order chi connectivity index (χ0) is 29.2. The second-order valence-corrected chi connectivity index (χ2v) is 11.6. The van der Waals surface area contributed by atoms with Crippen molar-refractivity contribution in [3.8, 4) is 0 Å². The molecule has 0 bridgehead atoms. The van der Waals surface area contributed by atoms with Crippen molar-refractivity contribution < 1.29 is 28.7 Å². The Morgan fingerprint density at radius 3 is 2.28 bits per heavy atom. The lowest BCUT2D eigenvalue weighted by Gasteiger charge is -2.29. The highest BCUT2D eigenvalue weighted by Gasteiger charge is 2.37. The zero-order valence-electron chi connectivity index (χ0n) is 24.2. The van der Waals surface area contributed by atoms with Crippen LogP contribution in [-0.2, 0) is 28.7 Å². The number of ether oxygens (including phenoxy) is 2. The minimum absolute atomic E-state index is 0.0209. The van der Waals surface area contributed by atoms with Crippen molar-refractivity contribution in [2.45, 2.75) is 79.6 Å². The van der Waals surface area contributed by atoms with Crippen molar-refractivity contribution in [2.24, 2.45) is 23.2 Å². The summed E-state index contributed by atoms with van der Waals surface area (Å²) in [7, 11) is 0. The summed E-state index contributed by atoms with van der Waals surface area (Å²) in [4.78, 5) is 52.0. The van der Waals surface area contributed by atoms with Gasteiger partial charge in [0.05, 0.1) is 5.41 Å². The number of hydrogen-bond donors (Lipinski definition) is 2. The smallest absolute Gasteiger partial charge is 0.347 e. The molecule has 8 heteroatoms. The quantitative estimate of drug-likeness (QED) is 0.516. The second kappa shape index (κ2) is 14.7. The van der Waals surface area contributed by atoms with E-state index < -0.39 is 47.4 Å². The van der Waals surface area contributed by atoms with Crippen molar-refractivity contribution >= 4 is 29.8 Å². The van der Waals surface area contributed by atoms with E-state index in [9.17, 15) is 19.2 Å². The molecule has 2 N–H and O–H groups in total. The molecule has 2 rings (SSSR count). The summed E-state index contributed by atoms with van der Waals surface area (Å²) in [6.45, 7) is 12.7. The Morgan fingerprint density at radius 1 is 1.00 bits per heavy atom. The predicted octanol–water partition coefficient (Wildman–Crippen LogP) is 4.45. The summed E-state index contributed by atoms with van der Waals surface area (Å²) in [6.07, 6.45) is 5.74. The standard InChI is InChI=1S/C31H44N2O6/c1-20(2)18-25-29(36)38-24(22(5)16-17-23-12-9-8-10-13-23)14-11-15-26(34)33-27(21(3)4)28(35)32-19-31(6,7)30(37)39-25/h8-13,15-17,20-22,24-25,27H,14,18-19H2,1-7H3,(H,32,35)(H,33,34)/b15-11+,17-16+/t22-,24+,25+,27-/m1/s1. The third kappa shape index (κ3) is 10.3. The normalized spacial score (nSPS) is 25.1. The van der Waals surface area contributed by atoms with Crippen LogP contribution in [0.1, 0.15) is 66.9 Å². The van der Waals surface area contributed by atoms with E-state index in [1.807, 2.05) is 77.1 Å². The highest BCUT2D eigenvalue weighted by molar-refractivity contribution is 5.93. The van der Waals surface area contributed by atoms with E-state index in [2.05, 4.69) is 10.6 Å². The summed E-state index contributed by atoms with van der Waals surface area (Å²) < 4.78 is 11.6. The maximum absolute atomic E-state index is 13.3. The number of benzene rings is 1. The molecule has 0 fully saturated rings. The molecule has 1 heterocycles. The topological polar surface area (TPSA) is 111 Å². The molecule has 0 saturated heterocycles. The van der Waals surface area contributed by atoms with E-state index in [0.717, 1.165) is 5.56 Å². The van der Waals surface area contributed by atoms with Gasteiger partial charge in [-0.05, 0) is 43.7 Å². The van der Waals surface area contributed by atoms with Crippen LogP contribution in [0.15, 0.2) is 48.6 Å². The molecule has 39 heavy (non-hydrogen) atoms. The molecule has 0 spiro atoms. The molecule has 1 aromatic carbocycles. The molecule has 0 aliphatic carbocycles. The number of nitrogens with one attached hydrogen (secondary N) is 2. The van der Waals surface area contributed by atoms with Crippen molar-refractivity contribution in [1.82, 2.24) is 10.6 Å². The van der Waals surface area contributed by atoms with E-state index >= 15 is 0 Å². The minimum atomic E-state index is -1.11. The summed E-state index contributed by atoms with van der Waals surface area (Å²) in [5.74, 6) is -2.39. The summed E-state index contributed by atoms with van der Waals surface area (Å²) >= 11 is 0. The lowest BCUT2D eigenvalue weighted by atomic mass is 9.92. The van der Waals surface area contributed by atoms with Gasteiger partial charge in [-0.1, -0.05) is 83.2 Å². The predicted molar refractivity (Wildman–Crippen MR) is 151 cm³/mol. The van der Waals surface area contributed by atoms with Crippen LogP contribution in [0.2, 0.25) is 0 Å². The highest BCUT2D eigenvalue weighted by atomic mass is 16.6.